The summed E-state index contributed by atoms with van der Waals surface area (Å²) in [6.07, 6.45) is 7.96. The molecule has 34 heavy (non-hydrogen) atoms. The lowest BCUT2D eigenvalue weighted by Gasteiger charge is -2.41. The predicted molar refractivity (Wildman–Crippen MR) is 132 cm³/mol. The molecule has 1 aliphatic carbocycles. The van der Waals surface area contributed by atoms with Gasteiger partial charge in [-0.2, -0.15) is 0 Å². The van der Waals surface area contributed by atoms with Gasteiger partial charge in [-0.25, -0.2) is 4.98 Å². The van der Waals surface area contributed by atoms with Gasteiger partial charge < -0.3 is 20.2 Å². The molecule has 0 radical (unpaired) electrons. The molecular weight excluding hydrogens is 428 g/mol. The molecule has 0 unspecified atom stereocenters. The number of anilines is 2. The summed E-state index contributed by atoms with van der Waals surface area (Å²) in [6.45, 7) is 3.98. The van der Waals surface area contributed by atoms with Crippen LogP contribution in [0.5, 0.6) is 0 Å². The van der Waals surface area contributed by atoms with E-state index in [2.05, 4.69) is 21.2 Å². The predicted octanol–water partition coefficient (Wildman–Crippen LogP) is 3.83. The first kappa shape index (κ1) is 22.8. The maximum Gasteiger partial charge on any atom is 0.230 e. The Bertz CT molecular complexity index is 1050. The number of nitrogens with one attached hydrogen (secondary N) is 1. The summed E-state index contributed by atoms with van der Waals surface area (Å²) in [5, 5.41) is 12.7. The van der Waals surface area contributed by atoms with Crippen LogP contribution < -0.4 is 10.2 Å². The van der Waals surface area contributed by atoms with E-state index >= 15 is 0 Å². The van der Waals surface area contributed by atoms with Crippen LogP contribution in [-0.4, -0.2) is 58.6 Å². The highest BCUT2D eigenvalue weighted by atomic mass is 16.3. The van der Waals surface area contributed by atoms with Crippen LogP contribution in [0, 0.1) is 5.41 Å². The van der Waals surface area contributed by atoms with Gasteiger partial charge in [0.1, 0.15) is 5.82 Å². The van der Waals surface area contributed by atoms with Crippen LogP contribution >= 0.6 is 0 Å². The topological polar surface area (TPSA) is 85.8 Å². The van der Waals surface area contributed by atoms with Crippen molar-refractivity contribution in [2.45, 2.75) is 64.0 Å². The number of nitrogens with zero attached hydrogens (tertiary/aromatic N) is 3. The van der Waals surface area contributed by atoms with Gasteiger partial charge in [-0.1, -0.05) is 12.1 Å². The molecule has 2 aromatic rings. The van der Waals surface area contributed by atoms with Gasteiger partial charge in [-0.15, -0.1) is 0 Å². The first-order valence-electron chi connectivity index (χ1n) is 12.5. The van der Waals surface area contributed by atoms with Gasteiger partial charge in [0, 0.05) is 50.0 Å². The van der Waals surface area contributed by atoms with Crippen molar-refractivity contribution < 1.29 is 14.7 Å². The fourth-order valence-corrected chi connectivity index (χ4v) is 6.00. The first-order chi connectivity index (χ1) is 16.4. The normalized spacial score (nSPS) is 27.3. The van der Waals surface area contributed by atoms with Crippen LogP contribution in [0.2, 0.25) is 0 Å². The van der Waals surface area contributed by atoms with Crippen molar-refractivity contribution in [1.29, 1.82) is 0 Å². The van der Waals surface area contributed by atoms with Crippen molar-refractivity contribution in [1.82, 2.24) is 9.88 Å². The van der Waals surface area contributed by atoms with E-state index in [1.807, 2.05) is 36.5 Å². The summed E-state index contributed by atoms with van der Waals surface area (Å²) in [5.74, 6) is 1.13. The van der Waals surface area contributed by atoms with Crippen LogP contribution in [-0.2, 0) is 9.59 Å². The quantitative estimate of drug-likeness (QED) is 0.721. The van der Waals surface area contributed by atoms with E-state index in [1.165, 1.54) is 6.92 Å². The second-order valence-corrected chi connectivity index (χ2v) is 10.2. The first-order valence-corrected chi connectivity index (χ1v) is 12.5. The largest absolute Gasteiger partial charge is 0.393 e. The third kappa shape index (κ3) is 4.53. The van der Waals surface area contributed by atoms with Crippen LogP contribution in [0.4, 0.5) is 11.5 Å². The van der Waals surface area contributed by atoms with Gasteiger partial charge in [0.2, 0.25) is 11.8 Å². The second-order valence-electron chi connectivity index (χ2n) is 10.2. The van der Waals surface area contributed by atoms with Crippen LogP contribution in [0.1, 0.15) is 51.9 Å². The van der Waals surface area contributed by atoms with E-state index < -0.39 is 0 Å². The van der Waals surface area contributed by atoms with Crippen LogP contribution in [0.25, 0.3) is 11.1 Å². The SMILES string of the molecule is CC(=O)Nc1cccc(-c2ccc(N3CCC[C@@]4(CCN(C5CCC(O)CC5)C4=O)C3)nc2)c1. The maximum atomic E-state index is 13.6. The van der Waals surface area contributed by atoms with Crippen molar-refractivity contribution in [2.24, 2.45) is 5.41 Å². The number of pyridine rings is 1. The van der Waals surface area contributed by atoms with E-state index in [4.69, 9.17) is 4.98 Å². The number of aliphatic hydroxyl groups excluding tert-OH is 1. The van der Waals surface area contributed by atoms with Gasteiger partial charge in [-0.3, -0.25) is 9.59 Å². The number of hydrogen-bond acceptors (Lipinski definition) is 5. The Morgan fingerprint density at radius 3 is 2.65 bits per heavy atom. The third-order valence-electron chi connectivity index (χ3n) is 7.82. The molecule has 1 spiro atoms. The molecule has 2 saturated heterocycles. The van der Waals surface area contributed by atoms with Crippen molar-refractivity contribution in [3.8, 4) is 11.1 Å². The van der Waals surface area contributed by atoms with Gasteiger partial charge >= 0.3 is 0 Å². The zero-order valence-electron chi connectivity index (χ0n) is 19.9. The lowest BCUT2D eigenvalue weighted by Crippen LogP contribution is -2.50. The number of piperidine rings is 1. The van der Waals surface area contributed by atoms with Crippen molar-refractivity contribution >= 4 is 23.3 Å². The Balaban J connectivity index is 1.28. The molecule has 1 saturated carbocycles. The molecule has 1 aromatic carbocycles. The van der Waals surface area contributed by atoms with Gasteiger partial charge in [-0.05, 0) is 74.8 Å². The molecule has 3 aliphatic rings. The Hall–Kier alpha value is -2.93. The van der Waals surface area contributed by atoms with Gasteiger partial charge in [0.05, 0.1) is 11.5 Å². The monoisotopic (exact) mass is 462 g/mol. The molecular formula is C27H34N4O3. The van der Waals surface area contributed by atoms with E-state index in [0.29, 0.717) is 5.91 Å². The van der Waals surface area contributed by atoms with Crippen LogP contribution in [0.15, 0.2) is 42.6 Å². The number of amides is 2. The van der Waals surface area contributed by atoms with Crippen molar-refractivity contribution in [3.63, 3.8) is 0 Å². The summed E-state index contributed by atoms with van der Waals surface area (Å²) in [6, 6.07) is 12.1. The summed E-state index contributed by atoms with van der Waals surface area (Å²) in [4.78, 5) is 34.1. The fourth-order valence-electron chi connectivity index (χ4n) is 6.00. The molecule has 7 heteroatoms. The van der Waals surface area contributed by atoms with Crippen molar-refractivity contribution in [3.05, 3.63) is 42.6 Å². The highest BCUT2D eigenvalue weighted by Crippen LogP contribution is 2.43. The summed E-state index contributed by atoms with van der Waals surface area (Å²) in [7, 11) is 0. The smallest absolute Gasteiger partial charge is 0.230 e. The number of aliphatic hydroxyl groups is 1. The van der Waals surface area contributed by atoms with E-state index in [-0.39, 0.29) is 23.5 Å². The molecule has 7 nitrogen and oxygen atoms in total. The molecule has 3 fully saturated rings. The number of benzene rings is 1. The Morgan fingerprint density at radius 1 is 1.09 bits per heavy atom. The molecule has 2 amide bonds. The summed E-state index contributed by atoms with van der Waals surface area (Å²) in [5.41, 5.74) is 2.45. The summed E-state index contributed by atoms with van der Waals surface area (Å²) < 4.78 is 0. The minimum Gasteiger partial charge on any atom is -0.393 e. The fraction of sp³-hybridized carbons (Fsp3) is 0.519. The van der Waals surface area contributed by atoms with E-state index in [1.54, 1.807) is 0 Å². The molecule has 0 bridgehead atoms. The molecule has 1 aromatic heterocycles. The van der Waals surface area contributed by atoms with Gasteiger partial charge in [0.15, 0.2) is 0 Å². The highest BCUT2D eigenvalue weighted by Gasteiger charge is 2.50. The molecule has 2 N–H and O–H groups in total. The van der Waals surface area contributed by atoms with Gasteiger partial charge in [0.25, 0.3) is 0 Å². The van der Waals surface area contributed by atoms with Crippen LogP contribution in [0.3, 0.4) is 0 Å². The van der Waals surface area contributed by atoms with E-state index in [9.17, 15) is 14.7 Å². The lowest BCUT2D eigenvalue weighted by molar-refractivity contribution is -0.139. The third-order valence-corrected chi connectivity index (χ3v) is 7.82. The highest BCUT2D eigenvalue weighted by molar-refractivity contribution is 5.89. The second kappa shape index (κ2) is 9.37. The van der Waals surface area contributed by atoms with Crippen molar-refractivity contribution in [2.75, 3.05) is 29.9 Å². The number of hydrogen-bond donors (Lipinski definition) is 2. The number of carbonyl (C=O) groups excluding carboxylic acids is 2. The Kier molecular flexibility index (Phi) is 6.30. The maximum absolute atomic E-state index is 13.6. The number of likely N-dealkylation sites (tertiary alicyclic amines) is 1. The molecule has 1 atom stereocenters. The molecule has 2 aliphatic heterocycles. The molecule has 180 valence electrons. The summed E-state index contributed by atoms with van der Waals surface area (Å²) >= 11 is 0. The zero-order valence-corrected chi connectivity index (χ0v) is 19.9. The minimum absolute atomic E-state index is 0.0919. The Morgan fingerprint density at radius 2 is 1.91 bits per heavy atom. The van der Waals surface area contributed by atoms with E-state index in [0.717, 1.165) is 87.2 Å². The number of rotatable bonds is 4. The minimum atomic E-state index is -0.304. The Labute approximate surface area is 201 Å². The average molecular weight is 463 g/mol. The molecule has 3 heterocycles. The zero-order chi connectivity index (χ0) is 23.7. The average Bonchev–Trinajstić information content (AvgIpc) is 3.14. The number of carbonyl (C=O) groups is 2. The lowest BCUT2D eigenvalue weighted by atomic mass is 9.78. The number of aromatic nitrogens is 1. The molecule has 5 rings (SSSR count). The standard InChI is InChI=1S/C27H34N4O3/c1-19(32)29-22-5-2-4-20(16-22)21-6-11-25(28-17-21)30-14-3-12-27(18-30)13-15-31(26(27)34)23-7-9-24(33)10-8-23/h2,4-6,11,16-17,23-24,33H,3,7-10,12-15,18H2,1H3,(H,29,32)/t23?,24?,27-/m1/s1.